The van der Waals surface area contributed by atoms with Crippen LogP contribution in [0.1, 0.15) is 67.2 Å². The summed E-state index contributed by atoms with van der Waals surface area (Å²) in [4.78, 5) is 17.6. The van der Waals surface area contributed by atoms with Gasteiger partial charge in [-0.2, -0.15) is 0 Å². The Bertz CT molecular complexity index is 1360. The fourth-order valence-electron chi connectivity index (χ4n) is 4.43. The lowest BCUT2D eigenvalue weighted by Gasteiger charge is -2.03. The van der Waals surface area contributed by atoms with Crippen LogP contribution < -0.4 is 0 Å². The number of rotatable bonds is 6. The molecule has 5 heteroatoms. The Morgan fingerprint density at radius 1 is 0.649 bits per heavy atom. The van der Waals surface area contributed by atoms with Gasteiger partial charge in [-0.3, -0.25) is 0 Å². The summed E-state index contributed by atoms with van der Waals surface area (Å²) in [6.45, 7) is 4.61. The second-order valence-electron chi connectivity index (χ2n) is 9.98. The van der Waals surface area contributed by atoms with Gasteiger partial charge in [0, 0.05) is 26.9 Å². The summed E-state index contributed by atoms with van der Waals surface area (Å²) in [7, 11) is 0. The lowest BCUT2D eigenvalue weighted by molar-refractivity contribution is 0.528. The SMILES string of the molecule is C1=Cc2cc3ccc(cc4nc(cc5ccc(cc1n2)[nH]5)C=C4)[nH]3.CC(C)CCCCCc1cccs1. The van der Waals surface area contributed by atoms with Crippen LogP contribution in [0, 0.1) is 5.92 Å². The van der Waals surface area contributed by atoms with Crippen LogP contribution in [0.25, 0.3) is 46.4 Å². The maximum atomic E-state index is 4.63. The number of aromatic nitrogens is 4. The van der Waals surface area contributed by atoms with E-state index in [1.54, 1.807) is 4.88 Å². The maximum absolute atomic E-state index is 4.63. The van der Waals surface area contributed by atoms with Gasteiger partial charge in [0.2, 0.25) is 0 Å². The largest absolute Gasteiger partial charge is 0.355 e. The number of hydrogen-bond donors (Lipinski definition) is 2. The molecule has 0 aliphatic carbocycles. The van der Waals surface area contributed by atoms with Crippen molar-refractivity contribution in [2.75, 3.05) is 0 Å². The lowest BCUT2D eigenvalue weighted by atomic mass is 10.0. The van der Waals surface area contributed by atoms with Crippen LogP contribution in [-0.4, -0.2) is 19.9 Å². The van der Waals surface area contributed by atoms with Gasteiger partial charge in [0.25, 0.3) is 0 Å². The number of hydrogen-bond acceptors (Lipinski definition) is 3. The third-order valence-electron chi connectivity index (χ3n) is 6.33. The molecule has 4 nitrogen and oxygen atoms in total. The number of H-pyrrole nitrogens is 2. The van der Waals surface area contributed by atoms with Crippen molar-refractivity contribution in [1.82, 2.24) is 19.9 Å². The Morgan fingerprint density at radius 2 is 1.14 bits per heavy atom. The molecule has 6 heterocycles. The van der Waals surface area contributed by atoms with Gasteiger partial charge in [-0.25, -0.2) is 9.97 Å². The van der Waals surface area contributed by atoms with E-state index in [1.165, 1.54) is 32.1 Å². The molecule has 0 radical (unpaired) electrons. The first-order valence-electron chi connectivity index (χ1n) is 13.2. The summed E-state index contributed by atoms with van der Waals surface area (Å²) in [5.41, 5.74) is 7.86. The predicted octanol–water partition coefficient (Wildman–Crippen LogP) is 9.16. The van der Waals surface area contributed by atoms with Crippen LogP contribution in [0.2, 0.25) is 0 Å². The summed E-state index contributed by atoms with van der Waals surface area (Å²) >= 11 is 1.89. The number of fused-ring (bicyclic) bond motifs is 8. The van der Waals surface area contributed by atoms with Crippen LogP contribution in [0.15, 0.2) is 66.0 Å². The highest BCUT2D eigenvalue weighted by Crippen LogP contribution is 2.17. The minimum Gasteiger partial charge on any atom is -0.355 e. The van der Waals surface area contributed by atoms with E-state index < -0.39 is 0 Å². The summed E-state index contributed by atoms with van der Waals surface area (Å²) in [6.07, 6.45) is 14.9. The zero-order valence-corrected chi connectivity index (χ0v) is 22.4. The Morgan fingerprint density at radius 3 is 1.54 bits per heavy atom. The van der Waals surface area contributed by atoms with Crippen molar-refractivity contribution in [1.29, 1.82) is 0 Å². The van der Waals surface area contributed by atoms with Crippen LogP contribution in [0.4, 0.5) is 0 Å². The predicted molar refractivity (Wildman–Crippen MR) is 160 cm³/mol. The maximum Gasteiger partial charge on any atom is 0.0658 e. The molecule has 2 N–H and O–H groups in total. The van der Waals surface area contributed by atoms with Crippen LogP contribution in [-0.2, 0) is 6.42 Å². The summed E-state index contributed by atoms with van der Waals surface area (Å²) < 4.78 is 0. The molecule has 0 saturated heterocycles. The van der Waals surface area contributed by atoms with Crippen molar-refractivity contribution >= 4 is 57.7 Å². The fourth-order valence-corrected chi connectivity index (χ4v) is 5.18. The van der Waals surface area contributed by atoms with E-state index in [2.05, 4.69) is 75.6 Å². The standard InChI is InChI=1S/C20H14N4.C12H20S/c1-2-14-10-16-5-6-18(23-16)12-20-8-7-19(24-20)11-17-4-3-15(22-17)9-13(1)21-14;1-11(2)7-4-3-5-8-12-9-6-10-13-12/h1-12,21,24H;6,9-11H,3-5,7-8H2,1-2H3. The minimum atomic E-state index is 0.877. The van der Waals surface area contributed by atoms with Gasteiger partial charge in [0.05, 0.1) is 22.8 Å². The van der Waals surface area contributed by atoms with E-state index in [-0.39, 0.29) is 0 Å². The van der Waals surface area contributed by atoms with E-state index in [1.807, 2.05) is 59.9 Å². The number of thiophene rings is 1. The second-order valence-corrected chi connectivity index (χ2v) is 11.0. The summed E-state index contributed by atoms with van der Waals surface area (Å²) in [5.74, 6) is 0.877. The molecule has 0 saturated carbocycles. The highest BCUT2D eigenvalue weighted by atomic mass is 32.1. The van der Waals surface area contributed by atoms with Crippen LogP contribution in [0.5, 0.6) is 0 Å². The molecule has 37 heavy (non-hydrogen) atoms. The molecule has 0 unspecified atom stereocenters. The van der Waals surface area contributed by atoms with Gasteiger partial charge < -0.3 is 9.97 Å². The topological polar surface area (TPSA) is 57.4 Å². The van der Waals surface area contributed by atoms with Gasteiger partial charge in [-0.1, -0.05) is 39.2 Å². The molecule has 0 fully saturated rings. The lowest BCUT2D eigenvalue weighted by Crippen LogP contribution is -1.88. The molecule has 0 atom stereocenters. The van der Waals surface area contributed by atoms with Crippen molar-refractivity contribution in [2.45, 2.75) is 46.0 Å². The number of aromatic amines is 2. The average molecular weight is 507 g/mol. The van der Waals surface area contributed by atoms with Crippen LogP contribution >= 0.6 is 11.3 Å². The highest BCUT2D eigenvalue weighted by molar-refractivity contribution is 7.09. The van der Waals surface area contributed by atoms with Crippen molar-refractivity contribution in [3.63, 3.8) is 0 Å². The van der Waals surface area contributed by atoms with Crippen molar-refractivity contribution in [3.05, 3.63) is 93.7 Å². The third kappa shape index (κ3) is 7.40. The van der Waals surface area contributed by atoms with Crippen molar-refractivity contribution in [3.8, 4) is 0 Å². The third-order valence-corrected chi connectivity index (χ3v) is 7.26. The molecule has 4 aromatic rings. The van der Waals surface area contributed by atoms with Crippen molar-refractivity contribution in [2.24, 2.45) is 5.92 Å². The highest BCUT2D eigenvalue weighted by Gasteiger charge is 2.01. The average Bonchev–Trinajstić information content (AvgIpc) is 3.69. The number of nitrogens with zero attached hydrogens (tertiary/aromatic N) is 2. The zero-order valence-electron chi connectivity index (χ0n) is 21.6. The molecule has 4 aromatic heterocycles. The van der Waals surface area contributed by atoms with Gasteiger partial charge in [-0.15, -0.1) is 11.3 Å². The van der Waals surface area contributed by atoms with Crippen molar-refractivity contribution < 1.29 is 0 Å². The smallest absolute Gasteiger partial charge is 0.0658 e. The molecule has 0 spiro atoms. The number of unbranched alkanes of at least 4 members (excludes halogenated alkanes) is 2. The van der Waals surface area contributed by atoms with Gasteiger partial charge in [-0.05, 0) is 103 Å². The van der Waals surface area contributed by atoms with E-state index in [0.29, 0.717) is 0 Å². The van der Waals surface area contributed by atoms with E-state index in [0.717, 1.165) is 50.8 Å². The zero-order chi connectivity index (χ0) is 25.5. The van der Waals surface area contributed by atoms with Gasteiger partial charge in [0.15, 0.2) is 0 Å². The van der Waals surface area contributed by atoms with E-state index in [4.69, 9.17) is 0 Å². The normalized spacial score (nSPS) is 12.1. The quantitative estimate of drug-likeness (QED) is 0.221. The summed E-state index contributed by atoms with van der Waals surface area (Å²) in [5, 5.41) is 2.17. The Kier molecular flexibility index (Phi) is 8.11. The van der Waals surface area contributed by atoms with E-state index in [9.17, 15) is 0 Å². The second kappa shape index (κ2) is 12.0. The molecular weight excluding hydrogens is 472 g/mol. The monoisotopic (exact) mass is 506 g/mol. The molecule has 188 valence electrons. The summed E-state index contributed by atoms with van der Waals surface area (Å²) in [6, 6.07) is 20.8. The first-order chi connectivity index (χ1) is 18.1. The molecule has 0 aromatic carbocycles. The first-order valence-corrected chi connectivity index (χ1v) is 14.0. The molecule has 6 rings (SSSR count). The first kappa shape index (κ1) is 25.0. The fraction of sp³-hybridized carbons (Fsp3) is 0.250. The minimum absolute atomic E-state index is 0.877. The Labute approximate surface area is 222 Å². The number of nitrogens with one attached hydrogen (secondary N) is 2. The Balaban J connectivity index is 0.000000184. The number of aryl methyl sites for hydroxylation is 1. The molecule has 0 amide bonds. The Hall–Kier alpha value is -3.70. The molecule has 8 bridgehead atoms. The van der Waals surface area contributed by atoms with Crippen LogP contribution in [0.3, 0.4) is 0 Å². The molecule has 2 aliphatic heterocycles. The van der Waals surface area contributed by atoms with Gasteiger partial charge >= 0.3 is 0 Å². The van der Waals surface area contributed by atoms with E-state index >= 15 is 0 Å². The molecule has 2 aliphatic rings. The molecular formula is C32H34N4S. The van der Waals surface area contributed by atoms with Gasteiger partial charge in [0.1, 0.15) is 0 Å².